The van der Waals surface area contributed by atoms with Gasteiger partial charge in [0.25, 0.3) is 0 Å². The molecule has 1 aliphatic rings. The maximum Gasteiger partial charge on any atom is 0.130 e. The molecule has 1 saturated heterocycles. The summed E-state index contributed by atoms with van der Waals surface area (Å²) in [5, 5.41) is 3.56. The van der Waals surface area contributed by atoms with Crippen LogP contribution in [0.5, 0.6) is 0 Å². The van der Waals surface area contributed by atoms with Crippen LogP contribution in [-0.4, -0.2) is 28.5 Å². The highest BCUT2D eigenvalue weighted by Gasteiger charge is 2.29. The number of hydrogen-bond acceptors (Lipinski definition) is 3. The van der Waals surface area contributed by atoms with E-state index in [4.69, 9.17) is 0 Å². The number of aromatic nitrogens is 1. The number of nitrogens with zero attached hydrogens (tertiary/aromatic N) is 2. The fourth-order valence-electron chi connectivity index (χ4n) is 2.88. The molecule has 19 heavy (non-hydrogen) atoms. The van der Waals surface area contributed by atoms with E-state index in [1.165, 1.54) is 24.9 Å². The van der Waals surface area contributed by atoms with Crippen molar-refractivity contribution in [2.45, 2.75) is 65.1 Å². The Bertz CT molecular complexity index is 403. The molecule has 0 unspecified atom stereocenters. The van der Waals surface area contributed by atoms with Crippen molar-refractivity contribution in [2.75, 3.05) is 11.9 Å². The molecule has 1 N–H and O–H groups in total. The van der Waals surface area contributed by atoms with Gasteiger partial charge in [-0.2, -0.15) is 0 Å². The van der Waals surface area contributed by atoms with Crippen LogP contribution < -0.4 is 5.32 Å². The van der Waals surface area contributed by atoms with Gasteiger partial charge in [0.2, 0.25) is 0 Å². The molecule has 1 fully saturated rings. The third-order valence-corrected chi connectivity index (χ3v) is 4.15. The molecule has 0 bridgehead atoms. The minimum absolute atomic E-state index is 0.475. The normalized spacial score (nSPS) is 21.8. The van der Waals surface area contributed by atoms with Gasteiger partial charge in [-0.1, -0.05) is 13.0 Å². The summed E-state index contributed by atoms with van der Waals surface area (Å²) in [4.78, 5) is 7.16. The van der Waals surface area contributed by atoms with E-state index in [1.807, 2.05) is 6.20 Å². The number of anilines is 1. The zero-order chi connectivity index (χ0) is 13.8. The summed E-state index contributed by atoms with van der Waals surface area (Å²) in [5.74, 6) is 1.08. The van der Waals surface area contributed by atoms with Crippen molar-refractivity contribution in [3.63, 3.8) is 0 Å². The lowest BCUT2D eigenvalue weighted by Crippen LogP contribution is -2.31. The average molecular weight is 261 g/mol. The lowest BCUT2D eigenvalue weighted by atomic mass is 10.0. The zero-order valence-electron chi connectivity index (χ0n) is 12.7. The number of pyridine rings is 1. The average Bonchev–Trinajstić information content (AvgIpc) is 2.88. The number of nitrogens with one attached hydrogen (secondary N) is 1. The van der Waals surface area contributed by atoms with E-state index in [1.54, 1.807) is 0 Å². The smallest absolute Gasteiger partial charge is 0.130 e. The third kappa shape index (κ3) is 3.27. The van der Waals surface area contributed by atoms with Crippen molar-refractivity contribution >= 4 is 5.82 Å². The Morgan fingerprint density at radius 1 is 1.42 bits per heavy atom. The topological polar surface area (TPSA) is 28.2 Å². The molecular formula is C16H27N3. The highest BCUT2D eigenvalue weighted by molar-refractivity contribution is 5.46. The Hall–Kier alpha value is -1.09. The summed E-state index contributed by atoms with van der Waals surface area (Å²) in [5.41, 5.74) is 1.37. The number of hydrogen-bond donors (Lipinski definition) is 1. The van der Waals surface area contributed by atoms with Crippen LogP contribution in [0, 0.1) is 0 Å². The molecule has 0 radical (unpaired) electrons. The summed E-state index contributed by atoms with van der Waals surface area (Å²) in [6.07, 6.45) is 5.55. The minimum Gasteiger partial charge on any atom is -0.367 e. The maximum atomic E-state index is 4.57. The van der Waals surface area contributed by atoms with Crippen LogP contribution in [-0.2, 0) is 0 Å². The van der Waals surface area contributed by atoms with Crippen LogP contribution in [0.4, 0.5) is 5.82 Å². The van der Waals surface area contributed by atoms with Gasteiger partial charge in [0.1, 0.15) is 5.82 Å². The van der Waals surface area contributed by atoms with E-state index < -0.39 is 0 Å². The summed E-state index contributed by atoms with van der Waals surface area (Å²) in [6.45, 7) is 10.2. The van der Waals surface area contributed by atoms with Crippen LogP contribution in [0.15, 0.2) is 18.3 Å². The van der Waals surface area contributed by atoms with Gasteiger partial charge in [-0.3, -0.25) is 4.90 Å². The molecule has 1 aromatic rings. The van der Waals surface area contributed by atoms with Crippen molar-refractivity contribution < 1.29 is 0 Å². The van der Waals surface area contributed by atoms with Crippen molar-refractivity contribution in [2.24, 2.45) is 0 Å². The Labute approximate surface area is 117 Å². The first-order valence-corrected chi connectivity index (χ1v) is 7.60. The molecule has 2 atom stereocenters. The Kier molecular flexibility index (Phi) is 4.81. The maximum absolute atomic E-state index is 4.57. The minimum atomic E-state index is 0.475. The second-order valence-corrected chi connectivity index (χ2v) is 5.88. The first-order chi connectivity index (χ1) is 9.13. The van der Waals surface area contributed by atoms with Crippen LogP contribution in [0.25, 0.3) is 0 Å². The van der Waals surface area contributed by atoms with Gasteiger partial charge in [0.15, 0.2) is 0 Å². The van der Waals surface area contributed by atoms with Crippen LogP contribution >= 0.6 is 0 Å². The van der Waals surface area contributed by atoms with E-state index in [2.05, 4.69) is 55.0 Å². The van der Waals surface area contributed by atoms with E-state index in [9.17, 15) is 0 Å². The first-order valence-electron chi connectivity index (χ1n) is 7.60. The second-order valence-electron chi connectivity index (χ2n) is 5.88. The lowest BCUT2D eigenvalue weighted by molar-refractivity contribution is 0.205. The second kappa shape index (κ2) is 6.38. The Morgan fingerprint density at radius 3 is 2.89 bits per heavy atom. The molecule has 0 spiro atoms. The van der Waals surface area contributed by atoms with Crippen LogP contribution in [0.3, 0.4) is 0 Å². The third-order valence-electron chi connectivity index (χ3n) is 4.15. The predicted molar refractivity (Wildman–Crippen MR) is 81.4 cm³/mol. The molecule has 106 valence electrons. The van der Waals surface area contributed by atoms with E-state index >= 15 is 0 Å². The summed E-state index contributed by atoms with van der Waals surface area (Å²) in [7, 11) is 0. The van der Waals surface area contributed by atoms with Crippen molar-refractivity contribution in [3.8, 4) is 0 Å². The molecule has 2 heterocycles. The molecule has 0 aromatic carbocycles. The van der Waals surface area contributed by atoms with Gasteiger partial charge >= 0.3 is 0 Å². The van der Waals surface area contributed by atoms with Gasteiger partial charge in [-0.05, 0) is 52.6 Å². The molecule has 3 heteroatoms. The lowest BCUT2D eigenvalue weighted by Gasteiger charge is -2.30. The van der Waals surface area contributed by atoms with E-state index in [0.717, 1.165) is 12.2 Å². The van der Waals surface area contributed by atoms with Gasteiger partial charge in [-0.25, -0.2) is 4.98 Å². The van der Waals surface area contributed by atoms with Crippen molar-refractivity contribution in [1.29, 1.82) is 0 Å². The van der Waals surface area contributed by atoms with Gasteiger partial charge in [-0.15, -0.1) is 0 Å². The van der Waals surface area contributed by atoms with E-state index in [0.29, 0.717) is 18.1 Å². The standard InChI is InChI=1S/C16H27N3/c1-5-13(4)18-16-14(8-6-10-17-16)15-9-7-11-19(15)12(2)3/h6,8,10,12-13,15H,5,7,9,11H2,1-4H3,(H,17,18)/t13-,15-/m0/s1. The molecular weight excluding hydrogens is 234 g/mol. The highest BCUT2D eigenvalue weighted by Crippen LogP contribution is 2.36. The quantitative estimate of drug-likeness (QED) is 0.873. The van der Waals surface area contributed by atoms with E-state index in [-0.39, 0.29) is 0 Å². The molecule has 0 saturated carbocycles. The van der Waals surface area contributed by atoms with Gasteiger partial charge in [0, 0.05) is 29.9 Å². The van der Waals surface area contributed by atoms with Crippen LogP contribution in [0.1, 0.15) is 58.6 Å². The van der Waals surface area contributed by atoms with Gasteiger partial charge < -0.3 is 5.32 Å². The molecule has 3 nitrogen and oxygen atoms in total. The van der Waals surface area contributed by atoms with Crippen molar-refractivity contribution in [1.82, 2.24) is 9.88 Å². The molecule has 0 aliphatic carbocycles. The number of rotatable bonds is 5. The Balaban J connectivity index is 2.23. The first kappa shape index (κ1) is 14.3. The summed E-state index contributed by atoms with van der Waals surface area (Å²) in [6, 6.07) is 5.91. The van der Waals surface area contributed by atoms with Gasteiger partial charge in [0.05, 0.1) is 0 Å². The molecule has 1 aliphatic heterocycles. The van der Waals surface area contributed by atoms with Crippen LogP contribution in [0.2, 0.25) is 0 Å². The predicted octanol–water partition coefficient (Wildman–Crippen LogP) is 3.84. The fraction of sp³-hybridized carbons (Fsp3) is 0.688. The zero-order valence-corrected chi connectivity index (χ0v) is 12.7. The largest absolute Gasteiger partial charge is 0.367 e. The Morgan fingerprint density at radius 2 is 2.21 bits per heavy atom. The SMILES string of the molecule is CC[C@H](C)Nc1ncccc1[C@@H]1CCCN1C(C)C. The molecule has 0 amide bonds. The fourth-order valence-corrected chi connectivity index (χ4v) is 2.88. The monoisotopic (exact) mass is 261 g/mol. The van der Waals surface area contributed by atoms with Crippen molar-refractivity contribution in [3.05, 3.63) is 23.9 Å². The summed E-state index contributed by atoms with van der Waals surface area (Å²) < 4.78 is 0. The molecule has 2 rings (SSSR count). The molecule has 1 aromatic heterocycles. The number of likely N-dealkylation sites (tertiary alicyclic amines) is 1. The summed E-state index contributed by atoms with van der Waals surface area (Å²) >= 11 is 0. The highest BCUT2D eigenvalue weighted by atomic mass is 15.2.